The number of nitrogen functional groups attached to an aromatic ring is 1. The first-order valence-corrected chi connectivity index (χ1v) is 7.73. The third-order valence-electron chi connectivity index (χ3n) is 3.11. The number of nitrogens with zero attached hydrogens (tertiary/aromatic N) is 2. The van der Waals surface area contributed by atoms with Gasteiger partial charge in [-0.15, -0.1) is 0 Å². The molecule has 0 aliphatic heterocycles. The predicted molar refractivity (Wildman–Crippen MR) is 89.5 cm³/mol. The topological polar surface area (TPSA) is 51.8 Å². The van der Waals surface area contributed by atoms with E-state index in [2.05, 4.69) is 41.8 Å². The van der Waals surface area contributed by atoms with Gasteiger partial charge in [0.05, 0.1) is 11.1 Å². The number of fused-ring (bicyclic) bond motifs is 1. The monoisotopic (exact) mass is 409 g/mol. The molecule has 1 heterocycles. The lowest BCUT2D eigenvalue weighted by Crippen LogP contribution is -2.00. The van der Waals surface area contributed by atoms with Crippen molar-refractivity contribution in [1.82, 2.24) is 9.97 Å². The van der Waals surface area contributed by atoms with Crippen LogP contribution in [0.15, 0.2) is 39.3 Å². The molecule has 0 saturated heterocycles. The molecule has 1 aromatic heterocycles. The minimum absolute atomic E-state index is 0.282. The summed E-state index contributed by atoms with van der Waals surface area (Å²) in [5.41, 5.74) is 7.94. The highest BCUT2D eigenvalue weighted by Crippen LogP contribution is 2.32. The van der Waals surface area contributed by atoms with E-state index >= 15 is 0 Å². The molecule has 0 fully saturated rings. The van der Waals surface area contributed by atoms with Crippen LogP contribution in [0.3, 0.4) is 0 Å². The Balaban J connectivity index is 2.33. The second-order valence-electron chi connectivity index (χ2n) is 4.70. The zero-order valence-electron chi connectivity index (χ0n) is 11.0. The molecule has 0 aliphatic rings. The maximum absolute atomic E-state index is 14.0. The van der Waals surface area contributed by atoms with Crippen LogP contribution in [-0.2, 0) is 0 Å². The van der Waals surface area contributed by atoms with Gasteiger partial charge in [-0.25, -0.2) is 14.4 Å². The molecule has 3 aromatic rings. The van der Waals surface area contributed by atoms with Crippen LogP contribution >= 0.6 is 31.9 Å². The van der Waals surface area contributed by atoms with Gasteiger partial charge in [0.25, 0.3) is 0 Å². The minimum Gasteiger partial charge on any atom is -0.383 e. The fourth-order valence-electron chi connectivity index (χ4n) is 2.11. The van der Waals surface area contributed by atoms with Gasteiger partial charge in [-0.2, -0.15) is 0 Å². The molecule has 0 aliphatic carbocycles. The lowest BCUT2D eigenvalue weighted by atomic mass is 10.1. The van der Waals surface area contributed by atoms with Crippen molar-refractivity contribution in [3.05, 3.63) is 50.7 Å². The van der Waals surface area contributed by atoms with Crippen molar-refractivity contribution in [2.24, 2.45) is 0 Å². The second kappa shape index (κ2) is 5.35. The zero-order chi connectivity index (χ0) is 15.1. The van der Waals surface area contributed by atoms with Gasteiger partial charge in [0.15, 0.2) is 5.82 Å². The molecule has 0 radical (unpaired) electrons. The molecule has 3 nitrogen and oxygen atoms in total. The summed E-state index contributed by atoms with van der Waals surface area (Å²) >= 11 is 6.85. The van der Waals surface area contributed by atoms with E-state index in [1.807, 2.05) is 19.1 Å². The molecule has 0 bridgehead atoms. The van der Waals surface area contributed by atoms with E-state index in [1.165, 1.54) is 6.07 Å². The highest BCUT2D eigenvalue weighted by Gasteiger charge is 2.13. The van der Waals surface area contributed by atoms with Crippen LogP contribution < -0.4 is 5.73 Å². The summed E-state index contributed by atoms with van der Waals surface area (Å²) in [5, 5.41) is 0.716. The molecule has 21 heavy (non-hydrogen) atoms. The third-order valence-corrected chi connectivity index (χ3v) is 4.17. The summed E-state index contributed by atoms with van der Waals surface area (Å²) in [6.45, 7) is 1.89. The third kappa shape index (κ3) is 2.65. The number of benzene rings is 2. The molecule has 2 aromatic carbocycles. The molecule has 0 atom stereocenters. The lowest BCUT2D eigenvalue weighted by molar-refractivity contribution is 0.629. The van der Waals surface area contributed by atoms with E-state index in [4.69, 9.17) is 5.73 Å². The van der Waals surface area contributed by atoms with E-state index in [9.17, 15) is 4.39 Å². The van der Waals surface area contributed by atoms with Crippen LogP contribution in [0.25, 0.3) is 22.3 Å². The first-order valence-electron chi connectivity index (χ1n) is 6.14. The average Bonchev–Trinajstić information content (AvgIpc) is 2.42. The fraction of sp³-hybridized carbons (Fsp3) is 0.0667. The van der Waals surface area contributed by atoms with Crippen molar-refractivity contribution < 1.29 is 4.39 Å². The van der Waals surface area contributed by atoms with Crippen LogP contribution in [0.1, 0.15) is 5.56 Å². The molecule has 0 unspecified atom stereocenters. The molecule has 6 heteroatoms. The van der Waals surface area contributed by atoms with E-state index in [0.29, 0.717) is 22.3 Å². The highest BCUT2D eigenvalue weighted by molar-refractivity contribution is 9.11. The molecule has 3 rings (SSSR count). The van der Waals surface area contributed by atoms with Gasteiger partial charge in [-0.3, -0.25) is 0 Å². The van der Waals surface area contributed by atoms with Crippen molar-refractivity contribution in [2.45, 2.75) is 6.92 Å². The summed E-state index contributed by atoms with van der Waals surface area (Å²) in [6, 6.07) is 8.53. The molecular weight excluding hydrogens is 401 g/mol. The van der Waals surface area contributed by atoms with Gasteiger partial charge in [-0.1, -0.05) is 27.6 Å². The molecular formula is C15H10Br2FN3. The summed E-state index contributed by atoms with van der Waals surface area (Å²) in [4.78, 5) is 8.69. The Kier molecular flexibility index (Phi) is 3.67. The Bertz CT molecular complexity index is 865. The Morgan fingerprint density at radius 2 is 1.86 bits per heavy atom. The minimum atomic E-state index is -0.368. The van der Waals surface area contributed by atoms with Gasteiger partial charge >= 0.3 is 0 Å². The van der Waals surface area contributed by atoms with E-state index in [0.717, 1.165) is 14.5 Å². The quantitative estimate of drug-likeness (QED) is 0.623. The molecule has 0 amide bonds. The van der Waals surface area contributed by atoms with Gasteiger partial charge in [0.1, 0.15) is 11.6 Å². The number of nitrogens with two attached hydrogens (primary N) is 1. The lowest BCUT2D eigenvalue weighted by Gasteiger charge is -2.09. The number of aromatic nitrogens is 2. The van der Waals surface area contributed by atoms with Gasteiger partial charge < -0.3 is 5.73 Å². The summed E-state index contributed by atoms with van der Waals surface area (Å²) in [6.07, 6.45) is 0. The first kappa shape index (κ1) is 14.4. The molecule has 106 valence electrons. The summed E-state index contributed by atoms with van der Waals surface area (Å²) in [5.74, 6) is 0.231. The second-order valence-corrected chi connectivity index (χ2v) is 6.47. The standard InChI is InChI=1S/C15H10Br2FN3/c1-7-2-3-12(18)9(4-7)15-20-13-10(14(19)21-15)5-8(16)6-11(13)17/h2-6H,1H3,(H2,19,20,21). The van der Waals surface area contributed by atoms with Gasteiger partial charge in [-0.05, 0) is 47.1 Å². The number of anilines is 1. The number of hydrogen-bond donors (Lipinski definition) is 1. The van der Waals surface area contributed by atoms with Crippen LogP contribution in [0.2, 0.25) is 0 Å². The Hall–Kier alpha value is -1.53. The van der Waals surface area contributed by atoms with E-state index in [1.54, 1.807) is 12.1 Å². The Morgan fingerprint density at radius 1 is 1.10 bits per heavy atom. The van der Waals surface area contributed by atoms with Gasteiger partial charge in [0, 0.05) is 14.3 Å². The largest absolute Gasteiger partial charge is 0.383 e. The molecule has 0 spiro atoms. The van der Waals surface area contributed by atoms with E-state index < -0.39 is 0 Å². The van der Waals surface area contributed by atoms with Crippen molar-refractivity contribution >= 4 is 48.6 Å². The van der Waals surface area contributed by atoms with Crippen LogP contribution in [-0.4, -0.2) is 9.97 Å². The Labute approximate surface area is 137 Å². The van der Waals surface area contributed by atoms with E-state index in [-0.39, 0.29) is 11.6 Å². The number of hydrogen-bond acceptors (Lipinski definition) is 3. The van der Waals surface area contributed by atoms with Crippen molar-refractivity contribution in [3.63, 3.8) is 0 Å². The molecule has 2 N–H and O–H groups in total. The summed E-state index contributed by atoms with van der Waals surface area (Å²) in [7, 11) is 0. The first-order chi connectivity index (χ1) is 9.95. The van der Waals surface area contributed by atoms with Crippen molar-refractivity contribution in [1.29, 1.82) is 0 Å². The highest BCUT2D eigenvalue weighted by atomic mass is 79.9. The zero-order valence-corrected chi connectivity index (χ0v) is 14.2. The predicted octanol–water partition coefficient (Wildman–Crippen LogP) is 4.85. The fourth-order valence-corrected chi connectivity index (χ4v) is 3.42. The number of rotatable bonds is 1. The normalized spacial score (nSPS) is 11.0. The Morgan fingerprint density at radius 3 is 2.62 bits per heavy atom. The number of aryl methyl sites for hydroxylation is 1. The smallest absolute Gasteiger partial charge is 0.165 e. The van der Waals surface area contributed by atoms with Gasteiger partial charge in [0.2, 0.25) is 0 Å². The van der Waals surface area contributed by atoms with Crippen LogP contribution in [0.5, 0.6) is 0 Å². The average molecular weight is 411 g/mol. The number of halogens is 3. The molecule has 0 saturated carbocycles. The SMILES string of the molecule is Cc1ccc(F)c(-c2nc(N)c3cc(Br)cc(Br)c3n2)c1. The summed E-state index contributed by atoms with van der Waals surface area (Å²) < 4.78 is 15.7. The van der Waals surface area contributed by atoms with Crippen molar-refractivity contribution in [2.75, 3.05) is 5.73 Å². The maximum Gasteiger partial charge on any atom is 0.165 e. The van der Waals surface area contributed by atoms with Crippen molar-refractivity contribution in [3.8, 4) is 11.4 Å². The van der Waals surface area contributed by atoms with Crippen LogP contribution in [0.4, 0.5) is 10.2 Å². The van der Waals surface area contributed by atoms with Crippen LogP contribution in [0, 0.1) is 12.7 Å². The maximum atomic E-state index is 14.0.